The van der Waals surface area contributed by atoms with Crippen molar-refractivity contribution in [3.05, 3.63) is 51.9 Å². The normalized spacial score (nSPS) is 17.0. The molecule has 2 aromatic rings. The maximum Gasteiger partial charge on any atom is 0.341 e. The Morgan fingerprint density at radius 2 is 2.00 bits per heavy atom. The zero-order valence-corrected chi connectivity index (χ0v) is 18.3. The molecule has 154 valence electrons. The number of fused-ring (bicyclic) bond motifs is 1. The van der Waals surface area contributed by atoms with E-state index in [-0.39, 0.29) is 5.97 Å². The minimum absolute atomic E-state index is 0.274. The van der Waals surface area contributed by atoms with E-state index < -0.39 is 0 Å². The number of benzene rings is 1. The monoisotopic (exact) mass is 429 g/mol. The summed E-state index contributed by atoms with van der Waals surface area (Å²) >= 11 is 7.20. The Bertz CT molecular complexity index is 874. The van der Waals surface area contributed by atoms with Gasteiger partial charge < -0.3 is 15.4 Å². The molecule has 29 heavy (non-hydrogen) atoms. The van der Waals surface area contributed by atoms with E-state index in [2.05, 4.69) is 45.9 Å². The maximum atomic E-state index is 12.3. The van der Waals surface area contributed by atoms with Gasteiger partial charge in [0.1, 0.15) is 5.00 Å². The number of rotatable bonds is 5. The Balaban J connectivity index is 1.30. The molecule has 4 rings (SSSR count). The van der Waals surface area contributed by atoms with Gasteiger partial charge in [0, 0.05) is 30.6 Å². The number of esters is 1. The van der Waals surface area contributed by atoms with Crippen LogP contribution in [0.4, 0.5) is 5.00 Å². The molecule has 1 aliphatic heterocycles. The van der Waals surface area contributed by atoms with Gasteiger partial charge in [-0.1, -0.05) is 30.3 Å². The van der Waals surface area contributed by atoms with Crippen LogP contribution < -0.4 is 10.6 Å². The van der Waals surface area contributed by atoms with E-state index in [1.54, 1.807) is 11.3 Å². The second-order valence-corrected chi connectivity index (χ2v) is 9.20. The summed E-state index contributed by atoms with van der Waals surface area (Å²) < 4.78 is 5.01. The molecule has 2 aliphatic rings. The number of methoxy groups -OCH3 is 1. The molecule has 0 bridgehead atoms. The fourth-order valence-corrected chi connectivity index (χ4v) is 5.83. The summed E-state index contributed by atoms with van der Waals surface area (Å²) in [7, 11) is 1.44. The van der Waals surface area contributed by atoms with Gasteiger partial charge in [0.15, 0.2) is 5.11 Å². The first kappa shape index (κ1) is 20.3. The zero-order chi connectivity index (χ0) is 20.2. The number of carbonyl (C=O) groups excluding carboxylic acids is 1. The molecule has 0 saturated carbocycles. The lowest BCUT2D eigenvalue weighted by molar-refractivity contribution is 0.0601. The van der Waals surface area contributed by atoms with Gasteiger partial charge in [-0.2, -0.15) is 0 Å². The smallest absolute Gasteiger partial charge is 0.341 e. The van der Waals surface area contributed by atoms with E-state index in [0.717, 1.165) is 62.3 Å². The topological polar surface area (TPSA) is 53.6 Å². The van der Waals surface area contributed by atoms with Gasteiger partial charge in [-0.15, -0.1) is 11.3 Å². The van der Waals surface area contributed by atoms with Gasteiger partial charge in [-0.3, -0.25) is 4.90 Å². The molecule has 1 saturated heterocycles. The van der Waals surface area contributed by atoms with Gasteiger partial charge in [0.25, 0.3) is 0 Å². The number of likely N-dealkylation sites (tertiary alicyclic amines) is 1. The first-order chi connectivity index (χ1) is 14.1. The Kier molecular flexibility index (Phi) is 6.47. The minimum Gasteiger partial charge on any atom is -0.465 e. The van der Waals surface area contributed by atoms with Gasteiger partial charge in [-0.05, 0) is 55.4 Å². The summed E-state index contributed by atoms with van der Waals surface area (Å²) in [6.07, 6.45) is 5.19. The Morgan fingerprint density at radius 1 is 1.24 bits per heavy atom. The molecule has 0 atom stereocenters. The lowest BCUT2D eigenvalue weighted by atomic mass is 10.0. The van der Waals surface area contributed by atoms with Crippen molar-refractivity contribution in [1.82, 2.24) is 10.2 Å². The average molecular weight is 430 g/mol. The second kappa shape index (κ2) is 9.24. The summed E-state index contributed by atoms with van der Waals surface area (Å²) in [5, 5.41) is 8.14. The Morgan fingerprint density at radius 3 is 2.72 bits per heavy atom. The number of hydrogen-bond acceptors (Lipinski definition) is 5. The van der Waals surface area contributed by atoms with Crippen LogP contribution in [0, 0.1) is 0 Å². The highest BCUT2D eigenvalue weighted by molar-refractivity contribution is 7.80. The molecule has 2 heterocycles. The molecule has 2 N–H and O–H groups in total. The summed E-state index contributed by atoms with van der Waals surface area (Å²) in [5.74, 6) is -0.274. The fraction of sp³-hybridized carbons (Fsp3) is 0.455. The molecule has 0 radical (unpaired) electrons. The van der Waals surface area contributed by atoms with Crippen LogP contribution in [0.5, 0.6) is 0 Å². The van der Waals surface area contributed by atoms with E-state index in [1.807, 2.05) is 0 Å². The molecule has 0 amide bonds. The number of anilines is 1. The number of thiocarbonyl (C=S) groups is 1. The van der Waals surface area contributed by atoms with Gasteiger partial charge in [0.2, 0.25) is 0 Å². The fourth-order valence-electron chi connectivity index (χ4n) is 4.21. The van der Waals surface area contributed by atoms with Crippen LogP contribution in [0.2, 0.25) is 0 Å². The second-order valence-electron chi connectivity index (χ2n) is 7.69. The number of aryl methyl sites for hydroxylation is 1. The van der Waals surface area contributed by atoms with Crippen molar-refractivity contribution in [2.45, 2.75) is 44.7 Å². The number of piperidine rings is 1. The number of carbonyl (C=O) groups is 1. The molecule has 7 heteroatoms. The van der Waals surface area contributed by atoms with Gasteiger partial charge in [-0.25, -0.2) is 4.79 Å². The lowest BCUT2D eigenvalue weighted by Crippen LogP contribution is -2.45. The number of nitrogens with zero attached hydrogens (tertiary/aromatic N) is 1. The molecular formula is C22H27N3O2S2. The van der Waals surface area contributed by atoms with Crippen molar-refractivity contribution >= 4 is 39.6 Å². The van der Waals surface area contributed by atoms with E-state index in [9.17, 15) is 4.79 Å². The van der Waals surface area contributed by atoms with Crippen molar-refractivity contribution in [2.75, 3.05) is 25.5 Å². The molecule has 1 fully saturated rings. The first-order valence-corrected chi connectivity index (χ1v) is 11.4. The van der Waals surface area contributed by atoms with Crippen LogP contribution in [0.25, 0.3) is 0 Å². The van der Waals surface area contributed by atoms with Crippen LogP contribution in [0.3, 0.4) is 0 Å². The van der Waals surface area contributed by atoms with E-state index >= 15 is 0 Å². The third-order valence-electron chi connectivity index (χ3n) is 5.71. The van der Waals surface area contributed by atoms with Crippen LogP contribution >= 0.6 is 23.6 Å². The molecular weight excluding hydrogens is 402 g/mol. The van der Waals surface area contributed by atoms with Gasteiger partial charge in [0.05, 0.1) is 12.7 Å². The predicted octanol–water partition coefficient (Wildman–Crippen LogP) is 3.97. The van der Waals surface area contributed by atoms with Crippen molar-refractivity contribution in [2.24, 2.45) is 0 Å². The molecule has 5 nitrogen and oxygen atoms in total. The maximum absolute atomic E-state index is 12.3. The number of ether oxygens (including phenoxy) is 1. The van der Waals surface area contributed by atoms with E-state index in [4.69, 9.17) is 17.0 Å². The van der Waals surface area contributed by atoms with Gasteiger partial charge >= 0.3 is 5.97 Å². The first-order valence-electron chi connectivity index (χ1n) is 10.2. The standard InChI is InChI=1S/C22H27N3O2S2/c1-27-21(26)19-17-8-5-9-18(17)29-20(19)24-22(28)23-16-10-12-25(13-11-16)14-15-6-3-2-4-7-15/h2-4,6-7,16H,5,8-14H2,1H3,(H2,23,24,28). The van der Waals surface area contributed by atoms with Crippen molar-refractivity contribution in [3.8, 4) is 0 Å². The van der Waals surface area contributed by atoms with Crippen LogP contribution in [-0.4, -0.2) is 42.2 Å². The quantitative estimate of drug-likeness (QED) is 0.554. The summed E-state index contributed by atoms with van der Waals surface area (Å²) in [6, 6.07) is 11.0. The molecule has 1 aromatic carbocycles. The highest BCUT2D eigenvalue weighted by Crippen LogP contribution is 2.39. The Labute approximate surface area is 181 Å². The van der Waals surface area contributed by atoms with Crippen molar-refractivity contribution in [1.29, 1.82) is 0 Å². The highest BCUT2D eigenvalue weighted by Gasteiger charge is 2.28. The largest absolute Gasteiger partial charge is 0.465 e. The number of nitrogens with one attached hydrogen (secondary N) is 2. The molecule has 1 aromatic heterocycles. The SMILES string of the molecule is COC(=O)c1c(NC(=S)NC2CCN(Cc3ccccc3)CC2)sc2c1CCC2. The molecule has 0 spiro atoms. The zero-order valence-electron chi connectivity index (χ0n) is 16.7. The predicted molar refractivity (Wildman–Crippen MR) is 122 cm³/mol. The van der Waals surface area contributed by atoms with Crippen LogP contribution in [-0.2, 0) is 24.1 Å². The molecule has 1 aliphatic carbocycles. The number of hydrogen-bond donors (Lipinski definition) is 2. The van der Waals surface area contributed by atoms with E-state index in [0.29, 0.717) is 16.7 Å². The molecule has 0 unspecified atom stereocenters. The third-order valence-corrected chi connectivity index (χ3v) is 7.14. The summed E-state index contributed by atoms with van der Waals surface area (Å²) in [4.78, 5) is 16.1. The summed E-state index contributed by atoms with van der Waals surface area (Å²) in [5.41, 5.74) is 3.17. The van der Waals surface area contributed by atoms with E-state index in [1.165, 1.54) is 17.6 Å². The average Bonchev–Trinajstić information content (AvgIpc) is 3.30. The van der Waals surface area contributed by atoms with Crippen LogP contribution in [0.1, 0.15) is 45.6 Å². The Hall–Kier alpha value is -1.96. The van der Waals surface area contributed by atoms with Crippen molar-refractivity contribution < 1.29 is 9.53 Å². The third kappa shape index (κ3) is 4.79. The number of thiophene rings is 1. The van der Waals surface area contributed by atoms with Crippen molar-refractivity contribution in [3.63, 3.8) is 0 Å². The summed E-state index contributed by atoms with van der Waals surface area (Å²) in [6.45, 7) is 3.10. The lowest BCUT2D eigenvalue weighted by Gasteiger charge is -2.33. The minimum atomic E-state index is -0.274. The van der Waals surface area contributed by atoms with Crippen LogP contribution in [0.15, 0.2) is 30.3 Å². The highest BCUT2D eigenvalue weighted by atomic mass is 32.1.